The van der Waals surface area contributed by atoms with Gasteiger partial charge in [0, 0.05) is 17.0 Å². The molecule has 0 bridgehead atoms. The second kappa shape index (κ2) is 3.56. The lowest BCUT2D eigenvalue weighted by atomic mass is 9.79. The van der Waals surface area contributed by atoms with Crippen molar-refractivity contribution >= 4 is 23.5 Å². The summed E-state index contributed by atoms with van der Waals surface area (Å²) in [6.07, 6.45) is 1.33. The van der Waals surface area contributed by atoms with Crippen LogP contribution in [-0.4, -0.2) is 22.2 Å². The van der Waals surface area contributed by atoms with E-state index in [0.717, 1.165) is 6.07 Å². The van der Waals surface area contributed by atoms with Gasteiger partial charge in [-0.25, -0.2) is 8.78 Å². The van der Waals surface area contributed by atoms with Gasteiger partial charge in [0.25, 0.3) is 0 Å². The zero-order valence-electron chi connectivity index (χ0n) is 7.48. The Kier molecular flexibility index (Phi) is 2.38. The second-order valence-corrected chi connectivity index (χ2v) is 3.03. The van der Waals surface area contributed by atoms with E-state index < -0.39 is 24.2 Å². The summed E-state index contributed by atoms with van der Waals surface area (Å²) < 4.78 is 26.9. The summed E-state index contributed by atoms with van der Waals surface area (Å²) in [5, 5.41) is 17.6. The lowest BCUT2D eigenvalue weighted by Gasteiger charge is -2.05. The molecule has 0 saturated heterocycles. The quantitative estimate of drug-likeness (QED) is 0.659. The summed E-state index contributed by atoms with van der Waals surface area (Å²) in [4.78, 5) is 3.66. The van der Waals surface area contributed by atoms with Gasteiger partial charge in [0.1, 0.15) is 17.2 Å². The van der Waals surface area contributed by atoms with E-state index in [1.165, 1.54) is 18.3 Å². The van der Waals surface area contributed by atoms with E-state index in [4.69, 9.17) is 10.0 Å². The van der Waals surface area contributed by atoms with Crippen LogP contribution in [0.15, 0.2) is 24.4 Å². The van der Waals surface area contributed by atoms with E-state index in [9.17, 15) is 8.78 Å². The van der Waals surface area contributed by atoms with Gasteiger partial charge in [-0.15, -0.1) is 0 Å². The first-order valence-electron chi connectivity index (χ1n) is 4.20. The third-order valence-electron chi connectivity index (χ3n) is 2.08. The van der Waals surface area contributed by atoms with Crippen molar-refractivity contribution in [2.45, 2.75) is 0 Å². The van der Waals surface area contributed by atoms with Crippen LogP contribution in [0, 0.1) is 11.6 Å². The molecule has 0 aliphatic heterocycles. The van der Waals surface area contributed by atoms with Crippen molar-refractivity contribution in [1.29, 1.82) is 0 Å². The Morgan fingerprint density at radius 2 is 2.00 bits per heavy atom. The molecule has 0 atom stereocenters. The first-order chi connectivity index (χ1) is 7.11. The molecule has 0 radical (unpaired) electrons. The molecule has 0 saturated carbocycles. The van der Waals surface area contributed by atoms with Gasteiger partial charge in [0.2, 0.25) is 0 Å². The highest BCUT2D eigenvalue weighted by atomic mass is 19.1. The van der Waals surface area contributed by atoms with Crippen molar-refractivity contribution in [3.63, 3.8) is 0 Å². The van der Waals surface area contributed by atoms with Crippen LogP contribution in [0.2, 0.25) is 0 Å². The van der Waals surface area contributed by atoms with E-state index in [1.54, 1.807) is 0 Å². The topological polar surface area (TPSA) is 53.4 Å². The monoisotopic (exact) mass is 209 g/mol. The molecule has 76 valence electrons. The second-order valence-electron chi connectivity index (χ2n) is 3.03. The highest BCUT2D eigenvalue weighted by molar-refractivity contribution is 6.59. The zero-order chi connectivity index (χ0) is 11.0. The van der Waals surface area contributed by atoms with E-state index in [-0.39, 0.29) is 10.9 Å². The zero-order valence-corrected chi connectivity index (χ0v) is 7.48. The lowest BCUT2D eigenvalue weighted by molar-refractivity contribution is 0.423. The maximum absolute atomic E-state index is 13.6. The minimum Gasteiger partial charge on any atom is -0.423 e. The molecule has 15 heavy (non-hydrogen) atoms. The van der Waals surface area contributed by atoms with Crippen molar-refractivity contribution in [3.8, 4) is 0 Å². The van der Waals surface area contributed by atoms with Gasteiger partial charge in [-0.2, -0.15) is 0 Å². The molecule has 0 aliphatic carbocycles. The average molecular weight is 209 g/mol. The third kappa shape index (κ3) is 1.58. The largest absolute Gasteiger partial charge is 0.491 e. The lowest BCUT2D eigenvalue weighted by Crippen LogP contribution is -2.33. The number of benzene rings is 1. The minimum absolute atomic E-state index is 0.0689. The van der Waals surface area contributed by atoms with Gasteiger partial charge in [0.05, 0.1) is 0 Å². The molecule has 1 aromatic heterocycles. The fourth-order valence-corrected chi connectivity index (χ4v) is 1.38. The molecule has 2 aromatic rings. The van der Waals surface area contributed by atoms with Gasteiger partial charge < -0.3 is 10.0 Å². The molecule has 0 fully saturated rings. The molecule has 6 heteroatoms. The van der Waals surface area contributed by atoms with Crippen molar-refractivity contribution < 1.29 is 18.8 Å². The highest BCUT2D eigenvalue weighted by Gasteiger charge is 2.21. The molecule has 3 nitrogen and oxygen atoms in total. The summed E-state index contributed by atoms with van der Waals surface area (Å²) >= 11 is 0. The Morgan fingerprint density at radius 3 is 2.67 bits per heavy atom. The number of hydrogen-bond donors (Lipinski definition) is 2. The first kappa shape index (κ1) is 10.0. The van der Waals surface area contributed by atoms with Crippen molar-refractivity contribution in [3.05, 3.63) is 36.0 Å². The summed E-state index contributed by atoms with van der Waals surface area (Å²) in [5.74, 6) is -1.65. The Bertz CT molecular complexity index is 519. The van der Waals surface area contributed by atoms with Crippen molar-refractivity contribution in [1.82, 2.24) is 4.98 Å². The number of aromatic nitrogens is 1. The molecule has 0 aliphatic rings. The number of nitrogens with zero attached hydrogens (tertiary/aromatic N) is 1. The number of halogens is 2. The fourth-order valence-electron chi connectivity index (χ4n) is 1.38. The molecule has 0 spiro atoms. The van der Waals surface area contributed by atoms with Crippen LogP contribution in [-0.2, 0) is 0 Å². The van der Waals surface area contributed by atoms with Gasteiger partial charge in [-0.3, -0.25) is 4.98 Å². The normalized spacial score (nSPS) is 10.7. The van der Waals surface area contributed by atoms with Crippen LogP contribution >= 0.6 is 0 Å². The molecule has 0 amide bonds. The number of fused-ring (bicyclic) bond motifs is 1. The van der Waals surface area contributed by atoms with Crippen LogP contribution in [0.5, 0.6) is 0 Å². The number of pyridine rings is 1. The van der Waals surface area contributed by atoms with E-state index >= 15 is 0 Å². The first-order valence-corrected chi connectivity index (χ1v) is 4.20. The van der Waals surface area contributed by atoms with Crippen molar-refractivity contribution in [2.75, 3.05) is 0 Å². The molecule has 1 aromatic carbocycles. The standard InChI is InChI=1S/C9H6BF2NO2/c11-7-4-6(10(14)15)8(12)5-2-1-3-13-9(5)7/h1-4,14-15H. The maximum atomic E-state index is 13.6. The highest BCUT2D eigenvalue weighted by Crippen LogP contribution is 2.17. The average Bonchev–Trinajstić information content (AvgIpc) is 2.23. The molecule has 2 N–H and O–H groups in total. The predicted molar refractivity (Wildman–Crippen MR) is 51.5 cm³/mol. The minimum atomic E-state index is -2.04. The SMILES string of the molecule is OB(O)c1cc(F)c2ncccc2c1F. The van der Waals surface area contributed by atoms with E-state index in [0.29, 0.717) is 0 Å². The maximum Gasteiger partial charge on any atom is 0.491 e. The van der Waals surface area contributed by atoms with Gasteiger partial charge in [-0.1, -0.05) is 0 Å². The fraction of sp³-hybridized carbons (Fsp3) is 0. The third-order valence-corrected chi connectivity index (χ3v) is 2.08. The van der Waals surface area contributed by atoms with Crippen LogP contribution in [0.25, 0.3) is 10.9 Å². The Hall–Kier alpha value is -1.53. The Labute approximate surface area is 84.1 Å². The molecule has 0 unspecified atom stereocenters. The molecular weight excluding hydrogens is 203 g/mol. The number of hydrogen-bond acceptors (Lipinski definition) is 3. The van der Waals surface area contributed by atoms with E-state index in [2.05, 4.69) is 4.98 Å². The number of rotatable bonds is 1. The van der Waals surface area contributed by atoms with Crippen molar-refractivity contribution in [2.24, 2.45) is 0 Å². The van der Waals surface area contributed by atoms with Gasteiger partial charge in [0.15, 0.2) is 0 Å². The summed E-state index contributed by atoms with van der Waals surface area (Å²) in [5.41, 5.74) is -0.618. The van der Waals surface area contributed by atoms with Crippen LogP contribution < -0.4 is 5.46 Å². The summed E-state index contributed by atoms with van der Waals surface area (Å²) in [6, 6.07) is 3.50. The summed E-state index contributed by atoms with van der Waals surface area (Å²) in [6.45, 7) is 0. The molecule has 2 rings (SSSR count). The Balaban J connectivity index is 2.84. The van der Waals surface area contributed by atoms with Gasteiger partial charge in [-0.05, 0) is 18.2 Å². The predicted octanol–water partition coefficient (Wildman–Crippen LogP) is 0.193. The Morgan fingerprint density at radius 1 is 1.27 bits per heavy atom. The summed E-state index contributed by atoms with van der Waals surface area (Å²) in [7, 11) is -2.04. The van der Waals surface area contributed by atoms with Crippen LogP contribution in [0.1, 0.15) is 0 Å². The van der Waals surface area contributed by atoms with Crippen LogP contribution in [0.3, 0.4) is 0 Å². The smallest absolute Gasteiger partial charge is 0.423 e. The molecular formula is C9H6BF2NO2. The van der Waals surface area contributed by atoms with Gasteiger partial charge >= 0.3 is 7.12 Å². The molecule has 1 heterocycles. The van der Waals surface area contributed by atoms with Crippen LogP contribution in [0.4, 0.5) is 8.78 Å². The van der Waals surface area contributed by atoms with E-state index in [1.807, 2.05) is 0 Å².